The molecular formula is C21H25FN4O. The zero-order valence-corrected chi connectivity index (χ0v) is 15.7. The summed E-state index contributed by atoms with van der Waals surface area (Å²) in [6.45, 7) is 1.50. The normalized spacial score (nSPS) is 11.6. The number of fused-ring (bicyclic) bond motifs is 1. The molecular weight excluding hydrogens is 343 g/mol. The van der Waals surface area contributed by atoms with E-state index in [1.807, 2.05) is 18.3 Å². The van der Waals surface area contributed by atoms with Crippen LogP contribution in [0, 0.1) is 5.82 Å². The van der Waals surface area contributed by atoms with Crippen LogP contribution in [0.4, 0.5) is 4.39 Å². The molecule has 6 heteroatoms. The molecule has 1 aromatic heterocycles. The molecule has 0 radical (unpaired) electrons. The standard InChI is InChI=1S/C21H25FN4O/c1-23-21(24-11-9-15-3-6-18(27-2)7-4-15)25-12-10-16-14-26-20-8-5-17(22)13-19(16)20/h3-8,13-14,26H,9-12H2,1-2H3,(H2,23,24,25). The molecule has 2 aromatic carbocycles. The molecule has 0 unspecified atom stereocenters. The van der Waals surface area contributed by atoms with Crippen LogP contribution in [0.3, 0.4) is 0 Å². The molecule has 3 N–H and O–H groups in total. The number of benzene rings is 2. The van der Waals surface area contributed by atoms with Crippen molar-refractivity contribution in [2.45, 2.75) is 12.8 Å². The van der Waals surface area contributed by atoms with E-state index in [0.29, 0.717) is 6.54 Å². The average molecular weight is 368 g/mol. The van der Waals surface area contributed by atoms with Crippen LogP contribution >= 0.6 is 0 Å². The van der Waals surface area contributed by atoms with E-state index in [2.05, 4.69) is 32.7 Å². The van der Waals surface area contributed by atoms with E-state index in [0.717, 1.165) is 47.6 Å². The van der Waals surface area contributed by atoms with Crippen LogP contribution in [0.25, 0.3) is 10.9 Å². The molecule has 5 nitrogen and oxygen atoms in total. The second-order valence-electron chi connectivity index (χ2n) is 6.28. The first-order chi connectivity index (χ1) is 13.2. The molecule has 0 amide bonds. The first-order valence-corrected chi connectivity index (χ1v) is 9.02. The van der Waals surface area contributed by atoms with Gasteiger partial charge in [0.1, 0.15) is 11.6 Å². The van der Waals surface area contributed by atoms with Crippen LogP contribution in [0.1, 0.15) is 11.1 Å². The number of halogens is 1. The fraction of sp³-hybridized carbons (Fsp3) is 0.286. The van der Waals surface area contributed by atoms with E-state index >= 15 is 0 Å². The number of ether oxygens (including phenoxy) is 1. The summed E-state index contributed by atoms with van der Waals surface area (Å²) >= 11 is 0. The smallest absolute Gasteiger partial charge is 0.190 e. The molecule has 0 aliphatic carbocycles. The third kappa shape index (κ3) is 5.00. The molecule has 3 rings (SSSR count). The highest BCUT2D eigenvalue weighted by Gasteiger charge is 2.05. The van der Waals surface area contributed by atoms with Gasteiger partial charge in [0.2, 0.25) is 0 Å². The molecule has 0 fully saturated rings. The van der Waals surface area contributed by atoms with Gasteiger partial charge in [-0.2, -0.15) is 0 Å². The topological polar surface area (TPSA) is 61.4 Å². The number of nitrogens with one attached hydrogen (secondary N) is 3. The van der Waals surface area contributed by atoms with Gasteiger partial charge in [0.05, 0.1) is 7.11 Å². The Morgan fingerprint density at radius 3 is 2.52 bits per heavy atom. The van der Waals surface area contributed by atoms with Crippen molar-refractivity contribution in [2.75, 3.05) is 27.2 Å². The summed E-state index contributed by atoms with van der Waals surface area (Å²) in [4.78, 5) is 7.43. The number of rotatable bonds is 7. The van der Waals surface area contributed by atoms with E-state index in [4.69, 9.17) is 4.74 Å². The molecule has 0 saturated heterocycles. The molecule has 0 atom stereocenters. The molecule has 142 valence electrons. The van der Waals surface area contributed by atoms with Crippen molar-refractivity contribution < 1.29 is 9.13 Å². The lowest BCUT2D eigenvalue weighted by Gasteiger charge is -2.12. The lowest BCUT2D eigenvalue weighted by Crippen LogP contribution is -2.39. The number of nitrogens with zero attached hydrogens (tertiary/aromatic N) is 1. The zero-order valence-electron chi connectivity index (χ0n) is 15.7. The molecule has 0 saturated carbocycles. The Morgan fingerprint density at radius 1 is 1.07 bits per heavy atom. The van der Waals surface area contributed by atoms with Gasteiger partial charge in [-0.25, -0.2) is 4.39 Å². The van der Waals surface area contributed by atoms with Gasteiger partial charge in [-0.15, -0.1) is 0 Å². The second-order valence-corrected chi connectivity index (χ2v) is 6.28. The van der Waals surface area contributed by atoms with Gasteiger partial charge < -0.3 is 20.4 Å². The number of aromatic amines is 1. The largest absolute Gasteiger partial charge is 0.497 e. The van der Waals surface area contributed by atoms with Crippen molar-refractivity contribution in [3.8, 4) is 5.75 Å². The number of aromatic nitrogens is 1. The molecule has 1 heterocycles. The van der Waals surface area contributed by atoms with Gasteiger partial charge in [0, 0.05) is 37.2 Å². The predicted molar refractivity (Wildman–Crippen MR) is 108 cm³/mol. The number of methoxy groups -OCH3 is 1. The monoisotopic (exact) mass is 368 g/mol. The van der Waals surface area contributed by atoms with Gasteiger partial charge >= 0.3 is 0 Å². The van der Waals surface area contributed by atoms with Crippen molar-refractivity contribution in [3.63, 3.8) is 0 Å². The minimum absolute atomic E-state index is 0.215. The summed E-state index contributed by atoms with van der Waals surface area (Å²) in [7, 11) is 3.42. The third-order valence-electron chi connectivity index (χ3n) is 4.51. The Morgan fingerprint density at radius 2 is 1.81 bits per heavy atom. The Balaban J connectivity index is 1.45. The van der Waals surface area contributed by atoms with Crippen LogP contribution in [0.15, 0.2) is 53.7 Å². The van der Waals surface area contributed by atoms with E-state index in [1.165, 1.54) is 11.6 Å². The van der Waals surface area contributed by atoms with Crippen LogP contribution in [-0.2, 0) is 12.8 Å². The van der Waals surface area contributed by atoms with Gasteiger partial charge in [0.15, 0.2) is 5.96 Å². The van der Waals surface area contributed by atoms with Crippen LogP contribution < -0.4 is 15.4 Å². The quantitative estimate of drug-likeness (QED) is 0.443. The number of guanidine groups is 1. The maximum Gasteiger partial charge on any atom is 0.190 e. The number of aliphatic imine (C=N–C) groups is 1. The summed E-state index contributed by atoms with van der Waals surface area (Å²) in [5.41, 5.74) is 3.28. The molecule has 27 heavy (non-hydrogen) atoms. The van der Waals surface area contributed by atoms with Gasteiger partial charge in [0.25, 0.3) is 0 Å². The first kappa shape index (κ1) is 18.8. The molecule has 0 aliphatic heterocycles. The van der Waals surface area contributed by atoms with Crippen molar-refractivity contribution in [3.05, 3.63) is 65.6 Å². The lowest BCUT2D eigenvalue weighted by atomic mass is 10.1. The highest BCUT2D eigenvalue weighted by Crippen LogP contribution is 2.19. The maximum atomic E-state index is 13.5. The summed E-state index contributed by atoms with van der Waals surface area (Å²) in [5, 5.41) is 7.55. The van der Waals surface area contributed by atoms with E-state index in [1.54, 1.807) is 26.3 Å². The fourth-order valence-electron chi connectivity index (χ4n) is 3.01. The highest BCUT2D eigenvalue weighted by atomic mass is 19.1. The van der Waals surface area contributed by atoms with Gasteiger partial charge in [-0.3, -0.25) is 4.99 Å². The van der Waals surface area contributed by atoms with Crippen molar-refractivity contribution >= 4 is 16.9 Å². The fourth-order valence-corrected chi connectivity index (χ4v) is 3.01. The lowest BCUT2D eigenvalue weighted by molar-refractivity contribution is 0.414. The van der Waals surface area contributed by atoms with Crippen molar-refractivity contribution in [2.24, 2.45) is 4.99 Å². The minimum Gasteiger partial charge on any atom is -0.497 e. The summed E-state index contributed by atoms with van der Waals surface area (Å²) < 4.78 is 18.6. The number of H-pyrrole nitrogens is 1. The van der Waals surface area contributed by atoms with E-state index < -0.39 is 0 Å². The Labute approximate surface area is 158 Å². The Hall–Kier alpha value is -3.02. The molecule has 0 bridgehead atoms. The van der Waals surface area contributed by atoms with E-state index in [-0.39, 0.29) is 5.82 Å². The number of hydrogen-bond acceptors (Lipinski definition) is 2. The van der Waals surface area contributed by atoms with Crippen LogP contribution in [0.2, 0.25) is 0 Å². The minimum atomic E-state index is -0.215. The molecule has 0 spiro atoms. The van der Waals surface area contributed by atoms with Crippen molar-refractivity contribution in [1.29, 1.82) is 0 Å². The maximum absolute atomic E-state index is 13.5. The SMILES string of the molecule is CN=C(NCCc1ccc(OC)cc1)NCCc1c[nH]c2ccc(F)cc12. The first-order valence-electron chi connectivity index (χ1n) is 9.02. The summed E-state index contributed by atoms with van der Waals surface area (Å²) in [6, 6.07) is 12.9. The predicted octanol–water partition coefficient (Wildman–Crippen LogP) is 3.27. The Kier molecular flexibility index (Phi) is 6.30. The Bertz CT molecular complexity index is 902. The summed E-state index contributed by atoms with van der Waals surface area (Å²) in [6.07, 6.45) is 3.61. The van der Waals surface area contributed by atoms with Crippen LogP contribution in [0.5, 0.6) is 5.75 Å². The van der Waals surface area contributed by atoms with E-state index in [9.17, 15) is 4.39 Å². The second kappa shape index (κ2) is 9.07. The highest BCUT2D eigenvalue weighted by molar-refractivity contribution is 5.83. The molecule has 3 aromatic rings. The van der Waals surface area contributed by atoms with Crippen LogP contribution in [-0.4, -0.2) is 38.2 Å². The van der Waals surface area contributed by atoms with Crippen molar-refractivity contribution in [1.82, 2.24) is 15.6 Å². The zero-order chi connectivity index (χ0) is 19.1. The molecule has 0 aliphatic rings. The number of hydrogen-bond donors (Lipinski definition) is 3. The van der Waals surface area contributed by atoms with Gasteiger partial charge in [-0.05, 0) is 54.3 Å². The summed E-state index contributed by atoms with van der Waals surface area (Å²) in [5.74, 6) is 1.41. The van der Waals surface area contributed by atoms with Gasteiger partial charge in [-0.1, -0.05) is 12.1 Å². The average Bonchev–Trinajstić information content (AvgIpc) is 3.09. The third-order valence-corrected chi connectivity index (χ3v) is 4.51.